The molecule has 25 heavy (non-hydrogen) atoms. The van der Waals surface area contributed by atoms with Gasteiger partial charge in [-0.3, -0.25) is 14.4 Å². The van der Waals surface area contributed by atoms with Gasteiger partial charge in [0, 0.05) is 25.2 Å². The Morgan fingerprint density at radius 1 is 1.28 bits per heavy atom. The summed E-state index contributed by atoms with van der Waals surface area (Å²) in [4.78, 5) is 36.4. The Kier molecular flexibility index (Phi) is 5.23. The van der Waals surface area contributed by atoms with Crippen molar-refractivity contribution in [2.45, 2.75) is 57.8 Å². The number of ether oxygens (including phenoxy) is 3. The van der Waals surface area contributed by atoms with Crippen LogP contribution in [0.3, 0.4) is 0 Å². The number of carbonyl (C=O) groups excluding carboxylic acids is 3. The van der Waals surface area contributed by atoms with Gasteiger partial charge in [-0.1, -0.05) is 6.08 Å². The van der Waals surface area contributed by atoms with E-state index in [-0.39, 0.29) is 29.9 Å². The van der Waals surface area contributed by atoms with Gasteiger partial charge in [-0.15, -0.1) is 0 Å². The van der Waals surface area contributed by atoms with Gasteiger partial charge in [0.2, 0.25) is 0 Å². The standard InChI is InChI=1S/C19H26O6/c1-18-9-7-15(21)17(14(18)5-6-16(18)22)23-12-13(20)4-3-8-19(2)24-10-11-25-19/h7,9,14,17H,3-6,8,10-12H2,1-2H3. The molecule has 0 bridgehead atoms. The maximum atomic E-state index is 12.2. The Morgan fingerprint density at radius 3 is 2.72 bits per heavy atom. The van der Waals surface area contributed by atoms with Gasteiger partial charge in [0.05, 0.1) is 18.6 Å². The third-order valence-corrected chi connectivity index (χ3v) is 5.70. The van der Waals surface area contributed by atoms with Crippen molar-refractivity contribution in [1.82, 2.24) is 0 Å². The van der Waals surface area contributed by atoms with Crippen molar-refractivity contribution in [2.75, 3.05) is 19.8 Å². The van der Waals surface area contributed by atoms with Crippen LogP contribution in [0, 0.1) is 11.3 Å². The minimum Gasteiger partial charge on any atom is -0.362 e. The molecule has 0 spiro atoms. The van der Waals surface area contributed by atoms with E-state index in [2.05, 4.69) is 0 Å². The van der Waals surface area contributed by atoms with Gasteiger partial charge in [0.1, 0.15) is 18.5 Å². The smallest absolute Gasteiger partial charge is 0.184 e. The first kappa shape index (κ1) is 18.4. The van der Waals surface area contributed by atoms with E-state index < -0.39 is 17.3 Å². The molecule has 0 aromatic carbocycles. The number of hydrogen-bond acceptors (Lipinski definition) is 6. The minimum atomic E-state index is -0.690. The summed E-state index contributed by atoms with van der Waals surface area (Å²) in [5, 5.41) is 0. The largest absolute Gasteiger partial charge is 0.362 e. The lowest BCUT2D eigenvalue weighted by atomic mass is 9.71. The fraction of sp³-hybridized carbons (Fsp3) is 0.737. The summed E-state index contributed by atoms with van der Waals surface area (Å²) in [5.74, 6) is -0.798. The Hall–Kier alpha value is -1.37. The van der Waals surface area contributed by atoms with Crippen molar-refractivity contribution >= 4 is 17.3 Å². The Balaban J connectivity index is 1.47. The monoisotopic (exact) mass is 350 g/mol. The lowest BCUT2D eigenvalue weighted by molar-refractivity contribution is -0.149. The molecule has 1 saturated heterocycles. The Bertz CT molecular complexity index is 589. The van der Waals surface area contributed by atoms with Gasteiger partial charge < -0.3 is 14.2 Å². The van der Waals surface area contributed by atoms with E-state index in [1.165, 1.54) is 6.08 Å². The lowest BCUT2D eigenvalue weighted by Crippen LogP contribution is -2.44. The average Bonchev–Trinajstić information content (AvgIpc) is 3.12. The molecule has 3 rings (SSSR count). The second-order valence-corrected chi connectivity index (χ2v) is 7.54. The highest BCUT2D eigenvalue weighted by Crippen LogP contribution is 2.46. The van der Waals surface area contributed by atoms with Crippen LogP contribution in [0.15, 0.2) is 12.2 Å². The van der Waals surface area contributed by atoms with E-state index in [0.29, 0.717) is 45.3 Å². The number of carbonyl (C=O) groups is 3. The van der Waals surface area contributed by atoms with Crippen LogP contribution in [-0.2, 0) is 28.6 Å². The molecule has 6 heteroatoms. The first-order chi connectivity index (χ1) is 11.8. The molecule has 1 saturated carbocycles. The highest BCUT2D eigenvalue weighted by Gasteiger charge is 2.52. The van der Waals surface area contributed by atoms with Crippen LogP contribution >= 0.6 is 0 Å². The van der Waals surface area contributed by atoms with Gasteiger partial charge in [0.25, 0.3) is 0 Å². The molecule has 0 N–H and O–H groups in total. The molecule has 3 unspecified atom stereocenters. The van der Waals surface area contributed by atoms with Gasteiger partial charge in [-0.25, -0.2) is 0 Å². The highest BCUT2D eigenvalue weighted by molar-refractivity contribution is 6.00. The molecule has 2 fully saturated rings. The third kappa shape index (κ3) is 3.76. The first-order valence-electron chi connectivity index (χ1n) is 9.02. The number of fused-ring (bicyclic) bond motifs is 1. The number of rotatable bonds is 7. The normalized spacial score (nSPS) is 33.7. The summed E-state index contributed by atoms with van der Waals surface area (Å²) >= 11 is 0. The predicted octanol–water partition coefficient (Wildman–Crippen LogP) is 2.00. The van der Waals surface area contributed by atoms with Crippen LogP contribution in [-0.4, -0.2) is 49.1 Å². The SMILES string of the molecule is CC1(CCCC(=O)COC2C(=O)C=CC3(C)C(=O)CCC23)OCCO1. The van der Waals surface area contributed by atoms with Crippen molar-refractivity contribution in [2.24, 2.45) is 11.3 Å². The van der Waals surface area contributed by atoms with E-state index in [0.717, 1.165) is 0 Å². The summed E-state index contributed by atoms with van der Waals surface area (Å²) in [6.07, 6.45) is 5.21. The van der Waals surface area contributed by atoms with Gasteiger partial charge >= 0.3 is 0 Å². The van der Waals surface area contributed by atoms with Crippen molar-refractivity contribution in [3.8, 4) is 0 Å². The second kappa shape index (κ2) is 7.09. The molecule has 3 aliphatic rings. The van der Waals surface area contributed by atoms with Crippen LogP contribution in [0.25, 0.3) is 0 Å². The van der Waals surface area contributed by atoms with E-state index in [9.17, 15) is 14.4 Å². The van der Waals surface area contributed by atoms with Crippen molar-refractivity contribution in [1.29, 1.82) is 0 Å². The molecule has 6 nitrogen and oxygen atoms in total. The molecule has 1 heterocycles. The summed E-state index contributed by atoms with van der Waals surface area (Å²) < 4.78 is 16.7. The quantitative estimate of drug-likeness (QED) is 0.699. The number of ketones is 3. The summed E-state index contributed by atoms with van der Waals surface area (Å²) in [6, 6.07) is 0. The van der Waals surface area contributed by atoms with Gasteiger partial charge in [-0.05, 0) is 32.8 Å². The Labute approximate surface area is 147 Å². The van der Waals surface area contributed by atoms with Crippen LogP contribution in [0.1, 0.15) is 46.0 Å². The molecule has 1 aliphatic heterocycles. The number of Topliss-reactive ketones (excluding diaryl/α,β-unsaturated/α-hetero) is 2. The molecule has 0 amide bonds. The lowest BCUT2D eigenvalue weighted by Gasteiger charge is -2.35. The highest BCUT2D eigenvalue weighted by atomic mass is 16.7. The van der Waals surface area contributed by atoms with E-state index in [1.54, 1.807) is 6.08 Å². The fourth-order valence-corrected chi connectivity index (χ4v) is 4.05. The van der Waals surface area contributed by atoms with E-state index in [1.807, 2.05) is 13.8 Å². The van der Waals surface area contributed by atoms with Crippen LogP contribution in [0.4, 0.5) is 0 Å². The van der Waals surface area contributed by atoms with Gasteiger partial charge in [0.15, 0.2) is 17.4 Å². The van der Waals surface area contributed by atoms with Crippen LogP contribution in [0.2, 0.25) is 0 Å². The molecule has 3 atom stereocenters. The topological polar surface area (TPSA) is 78.9 Å². The minimum absolute atomic E-state index is 0.0463. The maximum absolute atomic E-state index is 12.2. The Morgan fingerprint density at radius 2 is 2.00 bits per heavy atom. The average molecular weight is 350 g/mol. The summed E-state index contributed by atoms with van der Waals surface area (Å²) in [6.45, 7) is 4.82. The van der Waals surface area contributed by atoms with Crippen LogP contribution in [0.5, 0.6) is 0 Å². The number of allylic oxidation sites excluding steroid dienone is 1. The third-order valence-electron chi connectivity index (χ3n) is 5.70. The molecule has 0 aromatic rings. The zero-order chi connectivity index (χ0) is 18.1. The van der Waals surface area contributed by atoms with Crippen LogP contribution < -0.4 is 0 Å². The van der Waals surface area contributed by atoms with E-state index in [4.69, 9.17) is 14.2 Å². The maximum Gasteiger partial charge on any atom is 0.184 e. The first-order valence-corrected chi connectivity index (χ1v) is 9.02. The molecule has 138 valence electrons. The molecular formula is C19H26O6. The van der Waals surface area contributed by atoms with Crippen molar-refractivity contribution < 1.29 is 28.6 Å². The zero-order valence-electron chi connectivity index (χ0n) is 14.9. The molecule has 0 radical (unpaired) electrons. The molecule has 0 aromatic heterocycles. The van der Waals surface area contributed by atoms with E-state index >= 15 is 0 Å². The number of hydrogen-bond donors (Lipinski definition) is 0. The van der Waals surface area contributed by atoms with Gasteiger partial charge in [-0.2, -0.15) is 0 Å². The molecule has 2 aliphatic carbocycles. The predicted molar refractivity (Wildman–Crippen MR) is 88.9 cm³/mol. The summed E-state index contributed by atoms with van der Waals surface area (Å²) in [5.41, 5.74) is -0.632. The fourth-order valence-electron chi connectivity index (χ4n) is 4.05. The summed E-state index contributed by atoms with van der Waals surface area (Å²) in [7, 11) is 0. The second-order valence-electron chi connectivity index (χ2n) is 7.54. The molecular weight excluding hydrogens is 324 g/mol. The van der Waals surface area contributed by atoms with Crippen molar-refractivity contribution in [3.05, 3.63) is 12.2 Å². The zero-order valence-corrected chi connectivity index (χ0v) is 14.9. The van der Waals surface area contributed by atoms with Crippen molar-refractivity contribution in [3.63, 3.8) is 0 Å².